The van der Waals surface area contributed by atoms with Crippen molar-refractivity contribution in [2.24, 2.45) is 7.05 Å². The van der Waals surface area contributed by atoms with Crippen LogP contribution in [0.3, 0.4) is 0 Å². The lowest BCUT2D eigenvalue weighted by molar-refractivity contribution is 0.0583. The van der Waals surface area contributed by atoms with E-state index in [4.69, 9.17) is 0 Å². The van der Waals surface area contributed by atoms with E-state index in [1.807, 2.05) is 0 Å². The maximum absolute atomic E-state index is 13.5. The average molecular weight is 287 g/mol. The number of aryl methyl sites for hydroxylation is 1. The number of carbonyl (C=O) groups is 1. The largest absolute Gasteiger partial charge is 0.463 e. The minimum atomic E-state index is -0.589. The van der Waals surface area contributed by atoms with E-state index in [0.717, 1.165) is 0 Å². The number of carbonyl (C=O) groups excluding carboxylic acids is 1. The number of benzene rings is 1. The normalized spacial score (nSPS) is 10.8. The maximum atomic E-state index is 13.5. The minimum absolute atomic E-state index is 0.0782. The van der Waals surface area contributed by atoms with Crippen molar-refractivity contribution < 1.29 is 13.9 Å². The lowest BCUT2D eigenvalue weighted by Gasteiger charge is -1.99. The van der Waals surface area contributed by atoms with Crippen LogP contribution >= 0.6 is 15.9 Å². The van der Waals surface area contributed by atoms with Crippen molar-refractivity contribution in [1.29, 1.82) is 0 Å². The smallest absolute Gasteiger partial charge is 0.374 e. The minimum Gasteiger partial charge on any atom is -0.463 e. The molecule has 0 bridgehead atoms. The van der Waals surface area contributed by atoms with Crippen LogP contribution in [0.15, 0.2) is 16.6 Å². The van der Waals surface area contributed by atoms with Gasteiger partial charge >= 0.3 is 5.97 Å². The molecule has 84 valence electrons. The van der Waals surface area contributed by atoms with E-state index >= 15 is 0 Å². The number of fused-ring (bicyclic) bond motifs is 1. The predicted octanol–water partition coefficient (Wildman–Crippen LogP) is 2.26. The fourth-order valence-electron chi connectivity index (χ4n) is 1.49. The van der Waals surface area contributed by atoms with Gasteiger partial charge in [-0.25, -0.2) is 14.2 Å². The molecule has 0 aliphatic heterocycles. The van der Waals surface area contributed by atoms with E-state index < -0.39 is 11.8 Å². The third-order valence-electron chi connectivity index (χ3n) is 2.27. The van der Waals surface area contributed by atoms with Gasteiger partial charge in [0, 0.05) is 11.5 Å². The number of rotatable bonds is 1. The van der Waals surface area contributed by atoms with Gasteiger partial charge in [-0.2, -0.15) is 0 Å². The molecular formula is C10H8BrFN2O2. The Morgan fingerprint density at radius 3 is 2.88 bits per heavy atom. The zero-order chi connectivity index (χ0) is 11.9. The molecule has 0 fully saturated rings. The molecule has 0 saturated carbocycles. The number of ether oxygens (including phenoxy) is 1. The van der Waals surface area contributed by atoms with Crippen LogP contribution in [0.5, 0.6) is 0 Å². The molecule has 0 atom stereocenters. The number of hydrogen-bond donors (Lipinski definition) is 0. The second kappa shape index (κ2) is 3.86. The molecule has 0 unspecified atom stereocenters. The highest BCUT2D eigenvalue weighted by Gasteiger charge is 2.18. The standard InChI is InChI=1S/C10H8BrFN2O2/c1-14-7-4-5(11)3-6(12)8(7)13-9(14)10(15)16-2/h3-4H,1-2H3. The maximum Gasteiger partial charge on any atom is 0.374 e. The second-order valence-corrected chi connectivity index (χ2v) is 4.16. The van der Waals surface area contributed by atoms with Crippen molar-refractivity contribution in [1.82, 2.24) is 9.55 Å². The molecule has 0 spiro atoms. The molecule has 0 aliphatic rings. The Hall–Kier alpha value is -1.43. The second-order valence-electron chi connectivity index (χ2n) is 3.24. The average Bonchev–Trinajstić information content (AvgIpc) is 2.56. The highest BCUT2D eigenvalue weighted by atomic mass is 79.9. The third-order valence-corrected chi connectivity index (χ3v) is 2.73. The van der Waals surface area contributed by atoms with E-state index in [0.29, 0.717) is 9.99 Å². The monoisotopic (exact) mass is 286 g/mol. The summed E-state index contributed by atoms with van der Waals surface area (Å²) in [6.07, 6.45) is 0. The number of halogens is 2. The first-order chi connectivity index (χ1) is 7.54. The first kappa shape index (κ1) is 11.1. The number of nitrogens with zero attached hydrogens (tertiary/aromatic N) is 2. The molecule has 0 radical (unpaired) electrons. The van der Waals surface area contributed by atoms with Crippen LogP contribution in [0.4, 0.5) is 4.39 Å². The Morgan fingerprint density at radius 2 is 2.25 bits per heavy atom. The van der Waals surface area contributed by atoms with Gasteiger partial charge in [-0.3, -0.25) is 0 Å². The number of imidazole rings is 1. The molecule has 1 aromatic heterocycles. The summed E-state index contributed by atoms with van der Waals surface area (Å²) in [6, 6.07) is 2.99. The van der Waals surface area contributed by atoms with Crippen LogP contribution in [-0.4, -0.2) is 22.6 Å². The van der Waals surface area contributed by atoms with Gasteiger partial charge in [0.2, 0.25) is 5.82 Å². The predicted molar refractivity (Wildman–Crippen MR) is 59.7 cm³/mol. The fraction of sp³-hybridized carbons (Fsp3) is 0.200. The van der Waals surface area contributed by atoms with Crippen molar-refractivity contribution in [2.75, 3.05) is 7.11 Å². The summed E-state index contributed by atoms with van der Waals surface area (Å²) in [7, 11) is 2.89. The zero-order valence-electron chi connectivity index (χ0n) is 8.62. The number of methoxy groups -OCH3 is 1. The van der Waals surface area contributed by atoms with Gasteiger partial charge in [0.05, 0.1) is 12.6 Å². The van der Waals surface area contributed by atoms with E-state index in [2.05, 4.69) is 25.7 Å². The SMILES string of the molecule is COC(=O)c1nc2c(F)cc(Br)cc2n1C. The topological polar surface area (TPSA) is 44.1 Å². The Balaban J connectivity index is 2.77. The van der Waals surface area contributed by atoms with Gasteiger partial charge in [0.1, 0.15) is 5.52 Å². The lowest BCUT2D eigenvalue weighted by atomic mass is 10.3. The van der Waals surface area contributed by atoms with Crippen molar-refractivity contribution in [3.8, 4) is 0 Å². The summed E-state index contributed by atoms with van der Waals surface area (Å²) in [4.78, 5) is 15.3. The van der Waals surface area contributed by atoms with Crippen LogP contribution in [0, 0.1) is 5.82 Å². The molecule has 1 heterocycles. The van der Waals surface area contributed by atoms with Crippen LogP contribution in [0.25, 0.3) is 11.0 Å². The van der Waals surface area contributed by atoms with Crippen molar-refractivity contribution in [2.45, 2.75) is 0 Å². The third kappa shape index (κ3) is 1.59. The van der Waals surface area contributed by atoms with Crippen molar-refractivity contribution in [3.63, 3.8) is 0 Å². The molecule has 1 aromatic carbocycles. The van der Waals surface area contributed by atoms with Gasteiger partial charge in [-0.05, 0) is 12.1 Å². The molecule has 2 rings (SSSR count). The van der Waals surface area contributed by atoms with Crippen LogP contribution in [0.1, 0.15) is 10.6 Å². The van der Waals surface area contributed by atoms with Gasteiger partial charge < -0.3 is 9.30 Å². The molecular weight excluding hydrogens is 279 g/mol. The summed E-state index contributed by atoms with van der Waals surface area (Å²) in [5.41, 5.74) is 0.693. The van der Waals surface area contributed by atoms with Crippen LogP contribution in [-0.2, 0) is 11.8 Å². The Bertz CT molecular complexity index is 580. The summed E-state index contributed by atoms with van der Waals surface area (Å²) in [6.45, 7) is 0. The summed E-state index contributed by atoms with van der Waals surface area (Å²) in [5, 5.41) is 0. The van der Waals surface area contributed by atoms with Crippen LogP contribution < -0.4 is 0 Å². The molecule has 2 aromatic rings. The summed E-state index contributed by atoms with van der Waals surface area (Å²) < 4.78 is 20.2. The van der Waals surface area contributed by atoms with E-state index in [-0.39, 0.29) is 11.3 Å². The highest BCUT2D eigenvalue weighted by molar-refractivity contribution is 9.10. The number of hydrogen-bond acceptors (Lipinski definition) is 3. The molecule has 0 saturated heterocycles. The first-order valence-electron chi connectivity index (χ1n) is 4.44. The number of esters is 1. The zero-order valence-corrected chi connectivity index (χ0v) is 10.2. The van der Waals surface area contributed by atoms with Crippen molar-refractivity contribution >= 4 is 32.9 Å². The number of aromatic nitrogens is 2. The summed E-state index contributed by atoms with van der Waals surface area (Å²) >= 11 is 3.18. The first-order valence-corrected chi connectivity index (χ1v) is 5.23. The van der Waals surface area contributed by atoms with Crippen molar-refractivity contribution in [3.05, 3.63) is 28.2 Å². The fourth-order valence-corrected chi connectivity index (χ4v) is 1.91. The molecule has 16 heavy (non-hydrogen) atoms. The van der Waals surface area contributed by atoms with Crippen LogP contribution in [0.2, 0.25) is 0 Å². The van der Waals surface area contributed by atoms with Gasteiger partial charge in [0.15, 0.2) is 5.82 Å². The molecule has 0 aliphatic carbocycles. The molecule has 4 nitrogen and oxygen atoms in total. The van der Waals surface area contributed by atoms with Gasteiger partial charge in [-0.1, -0.05) is 15.9 Å². The van der Waals surface area contributed by atoms with E-state index in [1.165, 1.54) is 17.7 Å². The van der Waals surface area contributed by atoms with Gasteiger partial charge in [-0.15, -0.1) is 0 Å². The molecule has 6 heteroatoms. The highest BCUT2D eigenvalue weighted by Crippen LogP contribution is 2.23. The molecule has 0 amide bonds. The summed E-state index contributed by atoms with van der Waals surface area (Å²) in [5.74, 6) is -0.987. The Morgan fingerprint density at radius 1 is 1.56 bits per heavy atom. The van der Waals surface area contributed by atoms with Gasteiger partial charge in [0.25, 0.3) is 0 Å². The van der Waals surface area contributed by atoms with E-state index in [1.54, 1.807) is 13.1 Å². The Kier molecular flexibility index (Phi) is 2.67. The van der Waals surface area contributed by atoms with E-state index in [9.17, 15) is 9.18 Å². The molecule has 0 N–H and O–H groups in total. The Labute approximate surface area is 99.2 Å². The quantitative estimate of drug-likeness (QED) is 0.756. The lowest BCUT2D eigenvalue weighted by Crippen LogP contribution is -2.08.